The standard InChI is InChI=1S/C22H18N4O3S/c1-29-17-9-10-18(19(27)12-17)22(28)24-23-13-15-14-26(16-6-3-2-4-7-16)25-21(15)20-8-5-11-30-20/h2-14,27H,1H3,(H,24,28)/b23-13-. The number of benzene rings is 2. The molecule has 0 aliphatic heterocycles. The Morgan fingerprint density at radius 3 is 2.73 bits per heavy atom. The van der Waals surface area contributed by atoms with E-state index in [9.17, 15) is 9.90 Å². The van der Waals surface area contributed by atoms with Crippen LogP contribution >= 0.6 is 11.3 Å². The van der Waals surface area contributed by atoms with Gasteiger partial charge in [-0.1, -0.05) is 24.3 Å². The van der Waals surface area contributed by atoms with Crippen LogP contribution in [-0.4, -0.2) is 34.1 Å². The average molecular weight is 418 g/mol. The lowest BCUT2D eigenvalue weighted by molar-refractivity contribution is 0.0952. The lowest BCUT2D eigenvalue weighted by Crippen LogP contribution is -2.17. The van der Waals surface area contributed by atoms with Gasteiger partial charge in [0.1, 0.15) is 17.2 Å². The molecule has 0 spiro atoms. The third kappa shape index (κ3) is 4.08. The maximum atomic E-state index is 12.4. The zero-order valence-electron chi connectivity index (χ0n) is 16.0. The fraction of sp³-hybridized carbons (Fsp3) is 0.0455. The normalized spacial score (nSPS) is 11.0. The summed E-state index contributed by atoms with van der Waals surface area (Å²) in [5.41, 5.74) is 4.98. The van der Waals surface area contributed by atoms with Gasteiger partial charge in [0.05, 0.1) is 29.5 Å². The number of rotatable bonds is 6. The molecule has 0 atom stereocenters. The summed E-state index contributed by atoms with van der Waals surface area (Å²) in [5.74, 6) is -0.251. The lowest BCUT2D eigenvalue weighted by Gasteiger charge is -2.05. The Balaban J connectivity index is 1.58. The largest absolute Gasteiger partial charge is 0.507 e. The fourth-order valence-corrected chi connectivity index (χ4v) is 3.58. The molecular weight excluding hydrogens is 400 g/mol. The van der Waals surface area contributed by atoms with E-state index in [0.717, 1.165) is 21.8 Å². The molecule has 0 unspecified atom stereocenters. The molecule has 4 rings (SSSR count). The van der Waals surface area contributed by atoms with E-state index >= 15 is 0 Å². The van der Waals surface area contributed by atoms with E-state index in [1.54, 1.807) is 28.3 Å². The van der Waals surface area contributed by atoms with Crippen molar-refractivity contribution in [1.29, 1.82) is 0 Å². The number of phenolic OH excluding ortho intramolecular Hbond substituents is 1. The number of aromatic nitrogens is 2. The van der Waals surface area contributed by atoms with Gasteiger partial charge in [-0.15, -0.1) is 11.3 Å². The minimum absolute atomic E-state index is 0.103. The van der Waals surface area contributed by atoms with E-state index in [1.807, 2.05) is 54.0 Å². The van der Waals surface area contributed by atoms with Crippen molar-refractivity contribution in [2.45, 2.75) is 0 Å². The van der Waals surface area contributed by atoms with Crippen LogP contribution in [0.1, 0.15) is 15.9 Å². The molecule has 8 heteroatoms. The number of amides is 1. The molecular formula is C22H18N4O3S. The molecule has 7 nitrogen and oxygen atoms in total. The minimum atomic E-state index is -0.528. The van der Waals surface area contributed by atoms with Gasteiger partial charge in [0, 0.05) is 17.8 Å². The molecule has 0 radical (unpaired) electrons. The number of nitrogens with zero attached hydrogens (tertiary/aromatic N) is 3. The van der Waals surface area contributed by atoms with Gasteiger partial charge in [0.15, 0.2) is 0 Å². The van der Waals surface area contributed by atoms with E-state index in [-0.39, 0.29) is 11.3 Å². The zero-order valence-corrected chi connectivity index (χ0v) is 16.8. The second kappa shape index (κ2) is 8.62. The van der Waals surface area contributed by atoms with Crippen LogP contribution in [0.2, 0.25) is 0 Å². The Hall–Kier alpha value is -3.91. The number of carbonyl (C=O) groups excluding carboxylic acids is 1. The molecule has 2 N–H and O–H groups in total. The highest BCUT2D eigenvalue weighted by atomic mass is 32.1. The molecule has 0 saturated heterocycles. The second-order valence-corrected chi connectivity index (χ2v) is 7.22. The van der Waals surface area contributed by atoms with Crippen molar-refractivity contribution < 1.29 is 14.6 Å². The van der Waals surface area contributed by atoms with E-state index in [1.165, 1.54) is 19.2 Å². The molecule has 0 aliphatic carbocycles. The Kier molecular flexibility index (Phi) is 5.58. The highest BCUT2D eigenvalue weighted by Gasteiger charge is 2.13. The van der Waals surface area contributed by atoms with Gasteiger partial charge in [0.25, 0.3) is 5.91 Å². The molecule has 1 amide bonds. The van der Waals surface area contributed by atoms with E-state index in [0.29, 0.717) is 5.75 Å². The summed E-state index contributed by atoms with van der Waals surface area (Å²) < 4.78 is 6.80. The molecule has 2 aromatic carbocycles. The first-order chi connectivity index (χ1) is 14.7. The third-order valence-corrected chi connectivity index (χ3v) is 5.21. The SMILES string of the molecule is COc1ccc(C(=O)N/N=C\c2cn(-c3ccccc3)nc2-c2cccs2)c(O)c1. The summed E-state index contributed by atoms with van der Waals surface area (Å²) in [6.07, 6.45) is 3.39. The predicted octanol–water partition coefficient (Wildman–Crippen LogP) is 4.08. The topological polar surface area (TPSA) is 88.7 Å². The second-order valence-electron chi connectivity index (χ2n) is 6.27. The van der Waals surface area contributed by atoms with Crippen molar-refractivity contribution in [3.63, 3.8) is 0 Å². The summed E-state index contributed by atoms with van der Waals surface area (Å²) in [5, 5.41) is 20.7. The van der Waals surface area contributed by atoms with Gasteiger partial charge in [-0.3, -0.25) is 4.79 Å². The van der Waals surface area contributed by atoms with Crippen LogP contribution in [0, 0.1) is 0 Å². The maximum Gasteiger partial charge on any atom is 0.275 e. The number of thiophene rings is 1. The molecule has 0 bridgehead atoms. The van der Waals surface area contributed by atoms with E-state index in [2.05, 4.69) is 15.6 Å². The van der Waals surface area contributed by atoms with Crippen molar-refractivity contribution in [3.05, 3.63) is 83.4 Å². The van der Waals surface area contributed by atoms with Crippen LogP contribution in [0.4, 0.5) is 0 Å². The molecule has 0 fully saturated rings. The molecule has 2 heterocycles. The number of carbonyl (C=O) groups is 1. The van der Waals surface area contributed by atoms with E-state index in [4.69, 9.17) is 4.74 Å². The Morgan fingerprint density at radius 2 is 2.03 bits per heavy atom. The maximum absolute atomic E-state index is 12.4. The highest BCUT2D eigenvalue weighted by Crippen LogP contribution is 2.27. The minimum Gasteiger partial charge on any atom is -0.507 e. The van der Waals surface area contributed by atoms with Gasteiger partial charge < -0.3 is 9.84 Å². The first-order valence-electron chi connectivity index (χ1n) is 9.05. The number of nitrogens with one attached hydrogen (secondary N) is 1. The van der Waals surface area contributed by atoms with Crippen molar-refractivity contribution >= 4 is 23.5 Å². The lowest BCUT2D eigenvalue weighted by atomic mass is 10.2. The molecule has 150 valence electrons. The van der Waals surface area contributed by atoms with E-state index < -0.39 is 5.91 Å². The predicted molar refractivity (Wildman–Crippen MR) is 117 cm³/mol. The zero-order chi connectivity index (χ0) is 20.9. The highest BCUT2D eigenvalue weighted by molar-refractivity contribution is 7.13. The van der Waals surface area contributed by atoms with Gasteiger partial charge in [-0.05, 0) is 35.7 Å². The van der Waals surface area contributed by atoms with Crippen molar-refractivity contribution in [3.8, 4) is 27.8 Å². The summed E-state index contributed by atoms with van der Waals surface area (Å²) in [4.78, 5) is 13.3. The molecule has 0 saturated carbocycles. The average Bonchev–Trinajstić information content (AvgIpc) is 3.44. The monoisotopic (exact) mass is 418 g/mol. The molecule has 2 aromatic heterocycles. The number of hydrazone groups is 1. The number of hydrogen-bond donors (Lipinski definition) is 2. The Labute approximate surface area is 176 Å². The summed E-state index contributed by atoms with van der Waals surface area (Å²) in [6, 6.07) is 18.1. The van der Waals surface area contributed by atoms with Crippen LogP contribution in [0.25, 0.3) is 16.3 Å². The van der Waals surface area contributed by atoms with Gasteiger partial charge >= 0.3 is 0 Å². The van der Waals surface area contributed by atoms with Crippen molar-refractivity contribution in [2.75, 3.05) is 7.11 Å². The molecule has 4 aromatic rings. The summed E-state index contributed by atoms with van der Waals surface area (Å²) in [7, 11) is 1.49. The first kappa shape index (κ1) is 19.4. The van der Waals surface area contributed by atoms with Crippen LogP contribution in [0.5, 0.6) is 11.5 Å². The number of methoxy groups -OCH3 is 1. The number of hydrogen-bond acceptors (Lipinski definition) is 6. The van der Waals surface area contributed by atoms with Crippen LogP contribution in [-0.2, 0) is 0 Å². The molecule has 30 heavy (non-hydrogen) atoms. The van der Waals surface area contributed by atoms with Gasteiger partial charge in [0.2, 0.25) is 0 Å². The smallest absolute Gasteiger partial charge is 0.275 e. The van der Waals surface area contributed by atoms with Crippen molar-refractivity contribution in [1.82, 2.24) is 15.2 Å². The van der Waals surface area contributed by atoms with Crippen molar-refractivity contribution in [2.24, 2.45) is 5.10 Å². The summed E-state index contributed by atoms with van der Waals surface area (Å²) in [6.45, 7) is 0. The quantitative estimate of drug-likeness (QED) is 0.365. The summed E-state index contributed by atoms with van der Waals surface area (Å²) >= 11 is 1.57. The number of aromatic hydroxyl groups is 1. The number of ether oxygens (including phenoxy) is 1. The molecule has 0 aliphatic rings. The Morgan fingerprint density at radius 1 is 1.20 bits per heavy atom. The fourth-order valence-electron chi connectivity index (χ4n) is 2.85. The first-order valence-corrected chi connectivity index (χ1v) is 9.93. The Bertz CT molecular complexity index is 1180. The van der Waals surface area contributed by atoms with Crippen LogP contribution < -0.4 is 10.2 Å². The number of phenols is 1. The van der Waals surface area contributed by atoms with Crippen LogP contribution in [0.3, 0.4) is 0 Å². The van der Waals surface area contributed by atoms with Gasteiger partial charge in [-0.25, -0.2) is 10.1 Å². The third-order valence-electron chi connectivity index (χ3n) is 4.34. The van der Waals surface area contributed by atoms with Gasteiger partial charge in [-0.2, -0.15) is 10.2 Å². The number of para-hydroxylation sites is 1. The van der Waals surface area contributed by atoms with Crippen LogP contribution in [0.15, 0.2) is 77.3 Å².